The van der Waals surface area contributed by atoms with Crippen molar-refractivity contribution in [3.8, 4) is 5.75 Å². The SMILES string of the molecule is Cc1ccc(O)c(CC(C)(C(=O)O)N2CCCCC2)c1. The molecule has 2 N–H and O–H groups in total. The van der Waals surface area contributed by atoms with E-state index in [1.165, 1.54) is 6.42 Å². The average molecular weight is 277 g/mol. The first kappa shape index (κ1) is 14.9. The number of likely N-dealkylation sites (tertiary alicyclic amines) is 1. The molecule has 110 valence electrons. The van der Waals surface area contributed by atoms with E-state index in [1.54, 1.807) is 13.0 Å². The van der Waals surface area contributed by atoms with Crippen LogP contribution < -0.4 is 0 Å². The molecule has 0 spiro atoms. The second kappa shape index (κ2) is 5.83. The number of nitrogens with zero attached hydrogens (tertiary/aromatic N) is 1. The van der Waals surface area contributed by atoms with Crippen molar-refractivity contribution in [1.82, 2.24) is 4.90 Å². The third kappa shape index (κ3) is 2.96. The lowest BCUT2D eigenvalue weighted by molar-refractivity contribution is -0.151. The lowest BCUT2D eigenvalue weighted by Gasteiger charge is -2.40. The van der Waals surface area contributed by atoms with Gasteiger partial charge in [0.2, 0.25) is 0 Å². The van der Waals surface area contributed by atoms with Crippen molar-refractivity contribution < 1.29 is 15.0 Å². The minimum atomic E-state index is -0.953. The Labute approximate surface area is 120 Å². The zero-order chi connectivity index (χ0) is 14.8. The number of hydrogen-bond donors (Lipinski definition) is 2. The van der Waals surface area contributed by atoms with Gasteiger partial charge in [-0.25, -0.2) is 0 Å². The molecule has 4 heteroatoms. The van der Waals surface area contributed by atoms with Crippen molar-refractivity contribution >= 4 is 5.97 Å². The molecule has 1 aliphatic rings. The highest BCUT2D eigenvalue weighted by Crippen LogP contribution is 2.29. The molecule has 20 heavy (non-hydrogen) atoms. The molecule has 1 aliphatic heterocycles. The predicted molar refractivity (Wildman–Crippen MR) is 78.0 cm³/mol. The summed E-state index contributed by atoms with van der Waals surface area (Å²) in [6, 6.07) is 5.35. The molecule has 0 saturated carbocycles. The number of rotatable bonds is 4. The number of phenolic OH excluding ortho intramolecular Hbond substituents is 1. The second-order valence-electron chi connectivity index (χ2n) is 5.94. The maximum Gasteiger partial charge on any atom is 0.324 e. The van der Waals surface area contributed by atoms with Crippen molar-refractivity contribution in [2.75, 3.05) is 13.1 Å². The van der Waals surface area contributed by atoms with Gasteiger partial charge in [0, 0.05) is 6.42 Å². The first-order chi connectivity index (χ1) is 9.43. The third-order valence-corrected chi connectivity index (χ3v) is 4.28. The number of carboxylic acids is 1. The average Bonchev–Trinajstić information content (AvgIpc) is 2.43. The summed E-state index contributed by atoms with van der Waals surface area (Å²) in [6.07, 6.45) is 3.59. The van der Waals surface area contributed by atoms with Crippen molar-refractivity contribution in [1.29, 1.82) is 0 Å². The summed E-state index contributed by atoms with van der Waals surface area (Å²) < 4.78 is 0. The van der Waals surface area contributed by atoms with Crippen LogP contribution in [0.4, 0.5) is 0 Å². The fraction of sp³-hybridized carbons (Fsp3) is 0.562. The summed E-state index contributed by atoms with van der Waals surface area (Å²) in [5.74, 6) is -0.639. The summed E-state index contributed by atoms with van der Waals surface area (Å²) in [4.78, 5) is 13.8. The van der Waals surface area contributed by atoms with Gasteiger partial charge in [0.05, 0.1) is 0 Å². The number of piperidine rings is 1. The molecule has 4 nitrogen and oxygen atoms in total. The fourth-order valence-corrected chi connectivity index (χ4v) is 2.94. The Morgan fingerprint density at radius 2 is 1.95 bits per heavy atom. The highest BCUT2D eigenvalue weighted by atomic mass is 16.4. The number of carboxylic acid groups (broad SMARTS) is 1. The molecular formula is C16H23NO3. The van der Waals surface area contributed by atoms with E-state index in [2.05, 4.69) is 0 Å². The zero-order valence-corrected chi connectivity index (χ0v) is 12.2. The standard InChI is InChI=1S/C16H23NO3/c1-12-6-7-14(18)13(10-12)11-16(2,15(19)20)17-8-4-3-5-9-17/h6-7,10,18H,3-5,8-9,11H2,1-2H3,(H,19,20). The van der Waals surface area contributed by atoms with Gasteiger partial charge in [-0.2, -0.15) is 0 Å². The van der Waals surface area contributed by atoms with E-state index in [-0.39, 0.29) is 5.75 Å². The molecule has 2 rings (SSSR count). The number of aryl methyl sites for hydroxylation is 1. The van der Waals surface area contributed by atoms with Gasteiger partial charge >= 0.3 is 5.97 Å². The number of benzene rings is 1. The van der Waals surface area contributed by atoms with Crippen LogP contribution in [0.3, 0.4) is 0 Å². The summed E-state index contributed by atoms with van der Waals surface area (Å²) >= 11 is 0. The van der Waals surface area contributed by atoms with Crippen LogP contribution in [-0.4, -0.2) is 39.7 Å². The molecule has 1 aromatic rings. The van der Waals surface area contributed by atoms with Gasteiger partial charge in [-0.15, -0.1) is 0 Å². The fourth-order valence-electron chi connectivity index (χ4n) is 2.94. The summed E-state index contributed by atoms with van der Waals surface area (Å²) in [5, 5.41) is 19.6. The van der Waals surface area contributed by atoms with Gasteiger partial charge in [0.15, 0.2) is 0 Å². The number of phenols is 1. The van der Waals surface area contributed by atoms with Crippen molar-refractivity contribution in [2.24, 2.45) is 0 Å². The van der Waals surface area contributed by atoms with E-state index in [0.717, 1.165) is 31.5 Å². The van der Waals surface area contributed by atoms with Crippen LogP contribution >= 0.6 is 0 Å². The normalized spacial score (nSPS) is 19.5. The number of aliphatic carboxylic acids is 1. The number of aromatic hydroxyl groups is 1. The largest absolute Gasteiger partial charge is 0.508 e. The van der Waals surface area contributed by atoms with E-state index in [1.807, 2.05) is 24.0 Å². The third-order valence-electron chi connectivity index (χ3n) is 4.28. The van der Waals surface area contributed by atoms with E-state index in [0.29, 0.717) is 12.0 Å². The predicted octanol–water partition coefficient (Wildman–Crippen LogP) is 2.57. The van der Waals surface area contributed by atoms with Crippen molar-refractivity contribution in [3.63, 3.8) is 0 Å². The molecule has 1 fully saturated rings. The Bertz CT molecular complexity index is 494. The first-order valence-corrected chi connectivity index (χ1v) is 7.20. The molecule has 1 unspecified atom stereocenters. The van der Waals surface area contributed by atoms with Crippen molar-refractivity contribution in [2.45, 2.75) is 45.1 Å². The summed E-state index contributed by atoms with van der Waals surface area (Å²) in [5.41, 5.74) is 0.788. The number of carbonyl (C=O) groups is 1. The minimum Gasteiger partial charge on any atom is -0.508 e. The quantitative estimate of drug-likeness (QED) is 0.888. The van der Waals surface area contributed by atoms with Crippen LogP contribution in [0.25, 0.3) is 0 Å². The Morgan fingerprint density at radius 3 is 2.55 bits per heavy atom. The van der Waals surface area contributed by atoms with Gasteiger partial charge in [-0.05, 0) is 51.4 Å². The molecule has 0 amide bonds. The van der Waals surface area contributed by atoms with Crippen LogP contribution in [0.2, 0.25) is 0 Å². The first-order valence-electron chi connectivity index (χ1n) is 7.20. The van der Waals surface area contributed by atoms with Crippen molar-refractivity contribution in [3.05, 3.63) is 29.3 Å². The van der Waals surface area contributed by atoms with Crippen LogP contribution in [0.1, 0.15) is 37.3 Å². The maximum atomic E-state index is 11.8. The Hall–Kier alpha value is -1.55. The molecule has 0 bridgehead atoms. The van der Waals surface area contributed by atoms with Gasteiger partial charge in [-0.1, -0.05) is 24.1 Å². The molecule has 0 aliphatic carbocycles. The lowest BCUT2D eigenvalue weighted by Crippen LogP contribution is -2.55. The number of hydrogen-bond acceptors (Lipinski definition) is 3. The molecule has 0 radical (unpaired) electrons. The smallest absolute Gasteiger partial charge is 0.324 e. The topological polar surface area (TPSA) is 60.8 Å². The zero-order valence-electron chi connectivity index (χ0n) is 12.2. The van der Waals surface area contributed by atoms with E-state index in [9.17, 15) is 15.0 Å². The monoisotopic (exact) mass is 277 g/mol. The Morgan fingerprint density at radius 1 is 1.30 bits per heavy atom. The second-order valence-corrected chi connectivity index (χ2v) is 5.94. The Kier molecular flexibility index (Phi) is 4.33. The molecule has 1 heterocycles. The van der Waals surface area contributed by atoms with Gasteiger partial charge in [0.1, 0.15) is 11.3 Å². The van der Waals surface area contributed by atoms with Crippen LogP contribution in [0.15, 0.2) is 18.2 Å². The van der Waals surface area contributed by atoms with E-state index < -0.39 is 11.5 Å². The summed E-state index contributed by atoms with van der Waals surface area (Å²) in [6.45, 7) is 5.34. The van der Waals surface area contributed by atoms with E-state index >= 15 is 0 Å². The molecule has 0 aromatic heterocycles. The summed E-state index contributed by atoms with van der Waals surface area (Å²) in [7, 11) is 0. The van der Waals surface area contributed by atoms with Gasteiger partial charge in [0.25, 0.3) is 0 Å². The lowest BCUT2D eigenvalue weighted by atomic mass is 9.88. The molecule has 1 aromatic carbocycles. The van der Waals surface area contributed by atoms with E-state index in [4.69, 9.17) is 0 Å². The molecule has 1 atom stereocenters. The van der Waals surface area contributed by atoms with Gasteiger partial charge < -0.3 is 10.2 Å². The highest BCUT2D eigenvalue weighted by molar-refractivity contribution is 5.79. The van der Waals surface area contributed by atoms with Crippen LogP contribution in [0, 0.1) is 6.92 Å². The minimum absolute atomic E-state index is 0.181. The molecular weight excluding hydrogens is 254 g/mol. The molecule has 1 saturated heterocycles. The Balaban J connectivity index is 2.28. The van der Waals surface area contributed by atoms with Crippen LogP contribution in [0.5, 0.6) is 5.75 Å². The van der Waals surface area contributed by atoms with Crippen LogP contribution in [-0.2, 0) is 11.2 Å². The maximum absolute atomic E-state index is 11.8. The van der Waals surface area contributed by atoms with Gasteiger partial charge in [-0.3, -0.25) is 9.69 Å². The highest BCUT2D eigenvalue weighted by Gasteiger charge is 2.40.